The summed E-state index contributed by atoms with van der Waals surface area (Å²) in [5.74, 6) is 0. The van der Waals surface area contributed by atoms with Crippen LogP contribution in [0.1, 0.15) is 0 Å². The van der Waals surface area contributed by atoms with Gasteiger partial charge in [0.15, 0.2) is 0 Å². The summed E-state index contributed by atoms with van der Waals surface area (Å²) in [4.78, 5) is 0. The quantitative estimate of drug-likeness (QED) is 0.279. The lowest BCUT2D eigenvalue weighted by atomic mass is 10.1. The van der Waals surface area contributed by atoms with Gasteiger partial charge in [0, 0.05) is 31.6 Å². The van der Waals surface area contributed by atoms with Crippen LogP contribution in [0.2, 0.25) is 0 Å². The summed E-state index contributed by atoms with van der Waals surface area (Å²) in [6, 6.07) is 30.4. The van der Waals surface area contributed by atoms with Crippen molar-refractivity contribution in [3.63, 3.8) is 0 Å². The molecule has 0 radical (unpaired) electrons. The minimum absolute atomic E-state index is 0.931. The van der Waals surface area contributed by atoms with Crippen LogP contribution in [0.3, 0.4) is 0 Å². The first-order valence-corrected chi connectivity index (χ1v) is 10.5. The Bertz CT molecular complexity index is 1710. The monoisotopic (exact) mass is 389 g/mol. The van der Waals surface area contributed by atoms with Gasteiger partial charge in [0.2, 0.25) is 0 Å². The van der Waals surface area contributed by atoms with Crippen LogP contribution in [0.15, 0.2) is 95.6 Å². The molecule has 4 aromatic carbocycles. The first-order chi connectivity index (χ1) is 14.4. The van der Waals surface area contributed by atoms with E-state index in [9.17, 15) is 0 Å². The molecule has 29 heavy (non-hydrogen) atoms. The number of rotatable bonds is 1. The van der Waals surface area contributed by atoms with Crippen molar-refractivity contribution < 1.29 is 4.42 Å². The van der Waals surface area contributed by atoms with Crippen LogP contribution in [-0.4, -0.2) is 4.57 Å². The van der Waals surface area contributed by atoms with Crippen LogP contribution in [0.25, 0.3) is 58.6 Å². The first kappa shape index (κ1) is 15.4. The SMILES string of the molecule is c1ccc2c(c1)sc1c(-n3c4ccccc4c4cc5occc5cc43)cccc12. The topological polar surface area (TPSA) is 18.1 Å². The molecule has 3 heteroatoms. The molecule has 7 rings (SSSR count). The van der Waals surface area contributed by atoms with Gasteiger partial charge in [0.25, 0.3) is 0 Å². The molecule has 0 atom stereocenters. The van der Waals surface area contributed by atoms with E-state index in [1.54, 1.807) is 6.26 Å². The molecule has 0 spiro atoms. The largest absolute Gasteiger partial charge is 0.464 e. The van der Waals surface area contributed by atoms with Crippen LogP contribution in [-0.2, 0) is 0 Å². The lowest BCUT2D eigenvalue weighted by Crippen LogP contribution is -1.93. The Balaban J connectivity index is 1.71. The second-order valence-electron chi connectivity index (χ2n) is 7.43. The second kappa shape index (κ2) is 5.49. The third-order valence-electron chi connectivity index (χ3n) is 5.87. The van der Waals surface area contributed by atoms with E-state index in [0.717, 1.165) is 11.0 Å². The zero-order chi connectivity index (χ0) is 18.9. The summed E-state index contributed by atoms with van der Waals surface area (Å²) in [5, 5.41) is 6.25. The van der Waals surface area contributed by atoms with Gasteiger partial charge in [-0.15, -0.1) is 11.3 Å². The Morgan fingerprint density at radius 3 is 2.45 bits per heavy atom. The number of thiophene rings is 1. The third kappa shape index (κ3) is 2.00. The lowest BCUT2D eigenvalue weighted by Gasteiger charge is -2.09. The maximum absolute atomic E-state index is 5.69. The molecule has 0 N–H and O–H groups in total. The minimum Gasteiger partial charge on any atom is -0.464 e. The number of nitrogens with zero attached hydrogens (tertiary/aromatic N) is 1. The summed E-state index contributed by atoms with van der Waals surface area (Å²) >= 11 is 1.87. The van der Waals surface area contributed by atoms with Gasteiger partial charge in [-0.25, -0.2) is 0 Å². The third-order valence-corrected chi connectivity index (χ3v) is 7.08. The van der Waals surface area contributed by atoms with E-state index in [4.69, 9.17) is 4.42 Å². The summed E-state index contributed by atoms with van der Waals surface area (Å²) in [6.07, 6.45) is 1.77. The first-order valence-electron chi connectivity index (χ1n) is 9.69. The average Bonchev–Trinajstić information content (AvgIpc) is 3.45. The van der Waals surface area contributed by atoms with Crippen molar-refractivity contribution in [1.29, 1.82) is 0 Å². The molecule has 0 saturated heterocycles. The molecule has 0 aliphatic heterocycles. The van der Waals surface area contributed by atoms with E-state index in [0.29, 0.717) is 0 Å². The van der Waals surface area contributed by atoms with E-state index in [2.05, 4.69) is 83.4 Å². The number of furan rings is 1. The predicted octanol–water partition coefficient (Wildman–Crippen LogP) is 7.90. The smallest absolute Gasteiger partial charge is 0.134 e. The number of hydrogen-bond acceptors (Lipinski definition) is 2. The Morgan fingerprint density at radius 2 is 1.48 bits per heavy atom. The van der Waals surface area contributed by atoms with Crippen molar-refractivity contribution >= 4 is 64.3 Å². The minimum atomic E-state index is 0.931. The van der Waals surface area contributed by atoms with Gasteiger partial charge in [-0.3, -0.25) is 0 Å². The molecule has 7 aromatic rings. The van der Waals surface area contributed by atoms with E-state index in [-0.39, 0.29) is 0 Å². The summed E-state index contributed by atoms with van der Waals surface area (Å²) < 4.78 is 10.8. The molecule has 0 aliphatic carbocycles. The van der Waals surface area contributed by atoms with Crippen molar-refractivity contribution in [3.8, 4) is 5.69 Å². The van der Waals surface area contributed by atoms with Crippen LogP contribution in [0.5, 0.6) is 0 Å². The Morgan fingerprint density at radius 1 is 0.655 bits per heavy atom. The fourth-order valence-corrected chi connectivity index (χ4v) is 5.80. The normalized spacial score (nSPS) is 12.1. The molecule has 0 saturated carbocycles. The van der Waals surface area contributed by atoms with Crippen molar-refractivity contribution in [2.75, 3.05) is 0 Å². The highest BCUT2D eigenvalue weighted by Gasteiger charge is 2.17. The van der Waals surface area contributed by atoms with Crippen LogP contribution < -0.4 is 0 Å². The van der Waals surface area contributed by atoms with Crippen molar-refractivity contribution in [1.82, 2.24) is 4.57 Å². The van der Waals surface area contributed by atoms with Crippen molar-refractivity contribution in [3.05, 3.63) is 91.2 Å². The number of hydrogen-bond donors (Lipinski definition) is 0. The number of benzene rings is 4. The standard InChI is InChI=1S/C26H15NOS/c1-3-9-21-17(6-1)20-15-24-16(12-13-28-24)14-23(20)27(21)22-10-5-8-19-18-7-2-4-11-25(18)29-26(19)22/h1-15H. The van der Waals surface area contributed by atoms with E-state index < -0.39 is 0 Å². The fraction of sp³-hybridized carbons (Fsp3) is 0. The molecule has 0 fully saturated rings. The second-order valence-corrected chi connectivity index (χ2v) is 8.48. The molecular formula is C26H15NOS. The van der Waals surface area contributed by atoms with E-state index >= 15 is 0 Å². The van der Waals surface area contributed by atoms with E-state index in [1.807, 2.05) is 17.4 Å². The zero-order valence-corrected chi connectivity index (χ0v) is 16.2. The highest BCUT2D eigenvalue weighted by Crippen LogP contribution is 2.41. The Hall–Kier alpha value is -3.56. The molecule has 3 heterocycles. The highest BCUT2D eigenvalue weighted by molar-refractivity contribution is 7.26. The average molecular weight is 389 g/mol. The van der Waals surface area contributed by atoms with E-state index in [1.165, 1.54) is 47.7 Å². The molecule has 2 nitrogen and oxygen atoms in total. The van der Waals surface area contributed by atoms with Gasteiger partial charge < -0.3 is 8.98 Å². The molecule has 0 bridgehead atoms. The van der Waals surface area contributed by atoms with Crippen LogP contribution >= 0.6 is 11.3 Å². The van der Waals surface area contributed by atoms with Gasteiger partial charge in [-0.1, -0.05) is 48.5 Å². The van der Waals surface area contributed by atoms with Crippen LogP contribution in [0.4, 0.5) is 0 Å². The molecule has 3 aromatic heterocycles. The number of para-hydroxylation sites is 1. The van der Waals surface area contributed by atoms with Gasteiger partial charge in [-0.05, 0) is 36.4 Å². The van der Waals surface area contributed by atoms with Crippen LogP contribution in [0, 0.1) is 0 Å². The maximum atomic E-state index is 5.69. The van der Waals surface area contributed by atoms with Gasteiger partial charge in [0.1, 0.15) is 5.58 Å². The summed E-state index contributed by atoms with van der Waals surface area (Å²) in [5.41, 5.74) is 4.60. The lowest BCUT2D eigenvalue weighted by molar-refractivity contribution is 0.616. The van der Waals surface area contributed by atoms with Crippen molar-refractivity contribution in [2.24, 2.45) is 0 Å². The summed E-state index contributed by atoms with van der Waals surface area (Å²) in [6.45, 7) is 0. The Kier molecular flexibility index (Phi) is 2.91. The molecule has 0 unspecified atom stereocenters. The van der Waals surface area contributed by atoms with Gasteiger partial charge in [-0.2, -0.15) is 0 Å². The molecule has 136 valence electrons. The predicted molar refractivity (Wildman–Crippen MR) is 123 cm³/mol. The molecule has 0 aliphatic rings. The molecular weight excluding hydrogens is 374 g/mol. The zero-order valence-electron chi connectivity index (χ0n) is 15.4. The maximum Gasteiger partial charge on any atom is 0.134 e. The van der Waals surface area contributed by atoms with Gasteiger partial charge in [0.05, 0.1) is 27.7 Å². The fourth-order valence-electron chi connectivity index (χ4n) is 4.59. The number of aromatic nitrogens is 1. The molecule has 0 amide bonds. The summed E-state index contributed by atoms with van der Waals surface area (Å²) in [7, 11) is 0. The Labute approximate surface area is 170 Å². The van der Waals surface area contributed by atoms with Gasteiger partial charge >= 0.3 is 0 Å². The highest BCUT2D eigenvalue weighted by atomic mass is 32.1. The van der Waals surface area contributed by atoms with Crippen molar-refractivity contribution in [2.45, 2.75) is 0 Å². The number of fused-ring (bicyclic) bond motifs is 7.